The topological polar surface area (TPSA) is 91.8 Å². The van der Waals surface area contributed by atoms with Crippen LogP contribution < -0.4 is 0 Å². The molecule has 2 N–H and O–H groups in total. The molecule has 0 unspecified atom stereocenters. The zero-order chi connectivity index (χ0) is 15.0. The van der Waals surface area contributed by atoms with Crippen molar-refractivity contribution in [3.05, 3.63) is 0 Å². The summed E-state index contributed by atoms with van der Waals surface area (Å²) in [5.74, 6) is -1.58. The van der Waals surface area contributed by atoms with Crippen LogP contribution in [0.1, 0.15) is 27.2 Å². The Kier molecular flexibility index (Phi) is 1.84. The van der Waals surface area contributed by atoms with Crippen LogP contribution >= 0.6 is 0 Å². The molecule has 0 aromatic carbocycles. The van der Waals surface area contributed by atoms with Crippen LogP contribution in [0.2, 0.25) is 0 Å². The van der Waals surface area contributed by atoms with Crippen molar-refractivity contribution in [3.8, 4) is 0 Å². The molecular weight excluding hydrogens is 276 g/mol. The number of rotatable bonds is 1. The van der Waals surface area contributed by atoms with Crippen LogP contribution in [0, 0.1) is 17.3 Å². The minimum absolute atomic E-state index is 0.123. The number of hydrogen-bond donors (Lipinski definition) is 2. The molecule has 2 aliphatic carbocycles. The second-order valence-electron chi connectivity index (χ2n) is 8.15. The van der Waals surface area contributed by atoms with Gasteiger partial charge in [0.2, 0.25) is 0 Å². The minimum Gasteiger partial charge on any atom is -0.462 e. The Morgan fingerprint density at radius 1 is 1.33 bits per heavy atom. The molecule has 3 saturated heterocycles. The summed E-state index contributed by atoms with van der Waals surface area (Å²) in [4.78, 5) is 12.4. The molecule has 6 nitrogen and oxygen atoms in total. The van der Waals surface area contributed by atoms with Gasteiger partial charge in [-0.25, -0.2) is 0 Å². The second kappa shape index (κ2) is 3.02. The zero-order valence-electron chi connectivity index (χ0n) is 12.3. The summed E-state index contributed by atoms with van der Waals surface area (Å²) in [6.07, 6.45) is -0.364. The first kappa shape index (κ1) is 12.8. The van der Waals surface area contributed by atoms with Gasteiger partial charge in [0.15, 0.2) is 0 Å². The van der Waals surface area contributed by atoms with Crippen molar-refractivity contribution < 1.29 is 29.2 Å². The van der Waals surface area contributed by atoms with Crippen molar-refractivity contribution in [1.29, 1.82) is 0 Å². The van der Waals surface area contributed by atoms with Crippen LogP contribution in [-0.2, 0) is 19.0 Å². The molecule has 5 aliphatic rings. The van der Waals surface area contributed by atoms with Crippen LogP contribution in [-0.4, -0.2) is 57.9 Å². The summed E-state index contributed by atoms with van der Waals surface area (Å²) in [5.41, 5.74) is -3.44. The van der Waals surface area contributed by atoms with E-state index in [1.807, 2.05) is 6.92 Å². The predicted molar refractivity (Wildman–Crippen MR) is 68.2 cm³/mol. The highest BCUT2D eigenvalue weighted by Gasteiger charge is 2.92. The van der Waals surface area contributed by atoms with Gasteiger partial charge in [0.1, 0.15) is 29.5 Å². The minimum atomic E-state index is -1.32. The van der Waals surface area contributed by atoms with E-state index in [9.17, 15) is 15.0 Å². The maximum Gasteiger partial charge on any atom is 0.312 e. The molecule has 1 spiro atoms. The fourth-order valence-electron chi connectivity index (χ4n) is 5.73. The third kappa shape index (κ3) is 1.08. The molecule has 0 aromatic rings. The first-order valence-electron chi connectivity index (χ1n) is 7.61. The lowest BCUT2D eigenvalue weighted by Gasteiger charge is -2.53. The Morgan fingerprint density at radius 3 is 2.57 bits per heavy atom. The summed E-state index contributed by atoms with van der Waals surface area (Å²) < 4.78 is 16.9. The van der Waals surface area contributed by atoms with Gasteiger partial charge in [-0.15, -0.1) is 0 Å². The predicted octanol–water partition coefficient (Wildman–Crippen LogP) is -0.394. The van der Waals surface area contributed by atoms with E-state index >= 15 is 0 Å². The van der Waals surface area contributed by atoms with Gasteiger partial charge in [-0.1, -0.05) is 6.92 Å². The Morgan fingerprint density at radius 2 is 2.00 bits per heavy atom. The molecule has 2 bridgehead atoms. The molecule has 6 heteroatoms. The molecule has 0 aromatic heterocycles. The summed E-state index contributed by atoms with van der Waals surface area (Å²) in [5, 5.41) is 22.0. The summed E-state index contributed by atoms with van der Waals surface area (Å²) >= 11 is 0. The zero-order valence-corrected chi connectivity index (χ0v) is 12.3. The third-order valence-electron chi connectivity index (χ3n) is 6.84. The van der Waals surface area contributed by atoms with Crippen molar-refractivity contribution in [2.45, 2.75) is 62.3 Å². The fraction of sp³-hybridized carbons (Fsp3) is 0.933. The average Bonchev–Trinajstić information content (AvgIpc) is 3.18. The molecule has 5 fully saturated rings. The highest BCUT2D eigenvalue weighted by molar-refractivity contribution is 5.79. The second-order valence-corrected chi connectivity index (χ2v) is 8.15. The lowest BCUT2D eigenvalue weighted by atomic mass is 9.52. The van der Waals surface area contributed by atoms with E-state index in [4.69, 9.17) is 14.2 Å². The molecule has 0 radical (unpaired) electrons. The lowest BCUT2D eigenvalue weighted by molar-refractivity contribution is -0.209. The van der Waals surface area contributed by atoms with Crippen LogP contribution in [0.4, 0.5) is 0 Å². The lowest BCUT2D eigenvalue weighted by Crippen LogP contribution is -2.66. The van der Waals surface area contributed by atoms with Gasteiger partial charge >= 0.3 is 5.97 Å². The Hall–Kier alpha value is -0.690. The quantitative estimate of drug-likeness (QED) is 0.505. The number of ether oxygens (including phenoxy) is 3. The number of epoxide rings is 2. The highest BCUT2D eigenvalue weighted by Crippen LogP contribution is 2.76. The monoisotopic (exact) mass is 296 g/mol. The van der Waals surface area contributed by atoms with E-state index < -0.39 is 40.0 Å². The van der Waals surface area contributed by atoms with Gasteiger partial charge in [-0.2, -0.15) is 0 Å². The number of fused-ring (bicyclic) bond motifs is 8. The van der Waals surface area contributed by atoms with Gasteiger partial charge < -0.3 is 24.4 Å². The molecule has 2 saturated carbocycles. The normalized spacial score (nSPS) is 63.3. The molecule has 8 atom stereocenters. The number of esters is 1. The average molecular weight is 296 g/mol. The number of carbonyl (C=O) groups excluding carboxylic acids is 1. The molecule has 5 rings (SSSR count). The molecule has 3 heterocycles. The van der Waals surface area contributed by atoms with Crippen LogP contribution in [0.3, 0.4) is 0 Å². The maximum absolute atomic E-state index is 12.4. The van der Waals surface area contributed by atoms with Crippen molar-refractivity contribution in [2.24, 2.45) is 17.3 Å². The SMILES string of the molecule is CC(C)(O)[C@H]1[C@H]2C(=O)O[C@@H]1C[C@]1(C)[C@@]2(O)[C@H]2O[C@H]2[C@]12CO2. The third-order valence-corrected chi connectivity index (χ3v) is 6.84. The molecule has 0 amide bonds. The van der Waals surface area contributed by atoms with Crippen LogP contribution in [0.5, 0.6) is 0 Å². The van der Waals surface area contributed by atoms with Gasteiger partial charge in [0.25, 0.3) is 0 Å². The number of carbonyl (C=O) groups is 1. The standard InChI is InChI=1S/C15H20O6/c1-12(2,17)7-6-4-13(3)14(5-19-14)9-10(21-9)15(13,18)8(7)11(16)20-6/h6-10,17-18H,4-5H2,1-3H3/t6-,7-,8+,9-,10+,13+,14-,15+/m1/s1. The largest absolute Gasteiger partial charge is 0.462 e. The smallest absolute Gasteiger partial charge is 0.312 e. The van der Waals surface area contributed by atoms with Crippen molar-refractivity contribution in [2.75, 3.05) is 6.61 Å². The van der Waals surface area contributed by atoms with E-state index in [2.05, 4.69) is 0 Å². The Labute approximate surface area is 122 Å². The van der Waals surface area contributed by atoms with Gasteiger partial charge in [-0.3, -0.25) is 4.79 Å². The fourth-order valence-corrected chi connectivity index (χ4v) is 5.73. The summed E-state index contributed by atoms with van der Waals surface area (Å²) in [6.45, 7) is 5.90. The van der Waals surface area contributed by atoms with Crippen molar-refractivity contribution in [3.63, 3.8) is 0 Å². The summed E-state index contributed by atoms with van der Waals surface area (Å²) in [7, 11) is 0. The van der Waals surface area contributed by atoms with E-state index in [0.717, 1.165) is 0 Å². The molecule has 116 valence electrons. The number of aliphatic hydroxyl groups is 2. The van der Waals surface area contributed by atoms with E-state index in [-0.39, 0.29) is 18.3 Å². The van der Waals surface area contributed by atoms with Gasteiger partial charge in [-0.05, 0) is 20.3 Å². The first-order chi connectivity index (χ1) is 9.67. The molecule has 21 heavy (non-hydrogen) atoms. The highest BCUT2D eigenvalue weighted by atomic mass is 16.7. The van der Waals surface area contributed by atoms with Crippen molar-refractivity contribution in [1.82, 2.24) is 0 Å². The van der Waals surface area contributed by atoms with E-state index in [1.54, 1.807) is 13.8 Å². The van der Waals surface area contributed by atoms with E-state index in [0.29, 0.717) is 13.0 Å². The van der Waals surface area contributed by atoms with Gasteiger partial charge in [0, 0.05) is 11.3 Å². The Bertz CT molecular complexity index is 563. The van der Waals surface area contributed by atoms with E-state index in [1.165, 1.54) is 0 Å². The van der Waals surface area contributed by atoms with Crippen LogP contribution in [0.15, 0.2) is 0 Å². The van der Waals surface area contributed by atoms with Gasteiger partial charge in [0.05, 0.1) is 18.1 Å². The van der Waals surface area contributed by atoms with Crippen molar-refractivity contribution >= 4 is 5.97 Å². The molecular formula is C15H20O6. The first-order valence-corrected chi connectivity index (χ1v) is 7.61. The summed E-state index contributed by atoms with van der Waals surface area (Å²) in [6, 6.07) is 0. The number of hydrogen-bond acceptors (Lipinski definition) is 6. The molecule has 3 aliphatic heterocycles. The maximum atomic E-state index is 12.4. The van der Waals surface area contributed by atoms with Crippen LogP contribution in [0.25, 0.3) is 0 Å². The Balaban J connectivity index is 1.70.